The van der Waals surface area contributed by atoms with E-state index in [1.807, 2.05) is 48.6 Å². The monoisotopic (exact) mass is 430 g/mol. The largest absolute Gasteiger partial charge is 0.494 e. The van der Waals surface area contributed by atoms with Crippen molar-refractivity contribution in [3.05, 3.63) is 59.7 Å². The molecule has 0 aliphatic heterocycles. The number of benzene rings is 2. The van der Waals surface area contributed by atoms with Crippen LogP contribution in [0.5, 0.6) is 5.75 Å². The first-order valence-electron chi connectivity index (χ1n) is 10.9. The molecule has 0 aliphatic carbocycles. The lowest BCUT2D eigenvalue weighted by Gasteiger charge is -2.06. The topological polar surface area (TPSA) is 63.6 Å². The minimum atomic E-state index is -3.21. The van der Waals surface area contributed by atoms with Crippen molar-refractivity contribution < 1.29 is 18.3 Å². The molecule has 2 aromatic rings. The Kier molecular flexibility index (Phi) is 10.7. The van der Waals surface area contributed by atoms with E-state index in [0.717, 1.165) is 36.1 Å². The van der Waals surface area contributed by atoms with Crippen LogP contribution in [0.3, 0.4) is 0 Å². The molecular weight excluding hydrogens is 396 g/mol. The van der Waals surface area contributed by atoms with Crippen LogP contribution >= 0.6 is 0 Å². The van der Waals surface area contributed by atoms with E-state index >= 15 is 0 Å². The number of rotatable bonds is 14. The normalized spacial score (nSPS) is 11.8. The van der Waals surface area contributed by atoms with Gasteiger partial charge in [-0.2, -0.15) is 0 Å². The van der Waals surface area contributed by atoms with E-state index < -0.39 is 9.84 Å². The van der Waals surface area contributed by atoms with Crippen molar-refractivity contribution in [1.29, 1.82) is 0 Å². The molecule has 164 valence electrons. The molecule has 0 aromatic heterocycles. The summed E-state index contributed by atoms with van der Waals surface area (Å²) < 4.78 is 30.5. The van der Waals surface area contributed by atoms with Crippen LogP contribution < -0.4 is 4.74 Å². The molecule has 0 amide bonds. The van der Waals surface area contributed by atoms with Crippen molar-refractivity contribution in [2.24, 2.45) is 0 Å². The van der Waals surface area contributed by atoms with Crippen molar-refractivity contribution in [2.45, 2.75) is 56.8 Å². The number of hydrogen-bond donors (Lipinski definition) is 1. The lowest BCUT2D eigenvalue weighted by Crippen LogP contribution is -2.06. The number of ether oxygens (including phenoxy) is 1. The van der Waals surface area contributed by atoms with Gasteiger partial charge in [-0.3, -0.25) is 0 Å². The van der Waals surface area contributed by atoms with E-state index in [-0.39, 0.29) is 12.4 Å². The van der Waals surface area contributed by atoms with Gasteiger partial charge in [0.1, 0.15) is 5.75 Å². The Bertz CT molecular complexity index is 853. The van der Waals surface area contributed by atoms with Crippen LogP contribution in [0.4, 0.5) is 0 Å². The third-order valence-electron chi connectivity index (χ3n) is 4.93. The molecular formula is C25H34O4S. The summed E-state index contributed by atoms with van der Waals surface area (Å²) in [5.74, 6) is 1.00. The summed E-state index contributed by atoms with van der Waals surface area (Å²) in [6.45, 7) is 2.80. The zero-order chi connectivity index (χ0) is 21.7. The van der Waals surface area contributed by atoms with E-state index in [0.29, 0.717) is 17.9 Å². The molecule has 0 atom stereocenters. The first-order chi connectivity index (χ1) is 14.5. The minimum Gasteiger partial charge on any atom is -0.494 e. The van der Waals surface area contributed by atoms with Crippen molar-refractivity contribution >= 4 is 22.0 Å². The molecule has 0 aliphatic rings. The SMILES string of the molecule is CCCCCCCCS(=O)(=O)c1ccc(C=Cc2ccc(OCCCO)cc2)cc1. The molecule has 30 heavy (non-hydrogen) atoms. The van der Waals surface area contributed by atoms with Gasteiger partial charge in [-0.25, -0.2) is 8.42 Å². The van der Waals surface area contributed by atoms with Crippen LogP contribution in [-0.4, -0.2) is 32.5 Å². The van der Waals surface area contributed by atoms with Crippen LogP contribution in [0.1, 0.15) is 63.0 Å². The fraction of sp³-hybridized carbons (Fsp3) is 0.440. The standard InChI is InChI=1S/C25H34O4S/c1-2-3-4-5-6-7-21-30(27,28)25-17-13-23(14-18-25)10-9-22-11-15-24(16-12-22)29-20-8-19-26/h9-18,26H,2-8,19-21H2,1H3. The molecule has 0 heterocycles. The van der Waals surface area contributed by atoms with Gasteiger partial charge in [-0.15, -0.1) is 0 Å². The number of hydrogen-bond acceptors (Lipinski definition) is 4. The second-order valence-corrected chi connectivity index (χ2v) is 9.59. The summed E-state index contributed by atoms with van der Waals surface area (Å²) in [4.78, 5) is 0.401. The van der Waals surface area contributed by atoms with Crippen LogP contribution in [-0.2, 0) is 9.84 Å². The zero-order valence-corrected chi connectivity index (χ0v) is 18.7. The molecule has 0 unspecified atom stereocenters. The maximum Gasteiger partial charge on any atom is 0.178 e. The molecule has 5 heteroatoms. The Morgan fingerprint density at radius 2 is 1.37 bits per heavy atom. The summed E-state index contributed by atoms with van der Waals surface area (Å²) in [6, 6.07) is 14.8. The molecule has 4 nitrogen and oxygen atoms in total. The van der Waals surface area contributed by atoms with E-state index in [9.17, 15) is 8.42 Å². The van der Waals surface area contributed by atoms with E-state index in [1.54, 1.807) is 12.1 Å². The maximum atomic E-state index is 12.5. The Morgan fingerprint density at radius 1 is 0.800 bits per heavy atom. The molecule has 0 radical (unpaired) electrons. The summed E-state index contributed by atoms with van der Waals surface area (Å²) in [5, 5.41) is 8.78. The molecule has 0 saturated heterocycles. The van der Waals surface area contributed by atoms with Gasteiger partial charge in [0.15, 0.2) is 9.84 Å². The van der Waals surface area contributed by atoms with Gasteiger partial charge in [0.25, 0.3) is 0 Å². The first kappa shape index (κ1) is 24.2. The fourth-order valence-corrected chi connectivity index (χ4v) is 4.47. The van der Waals surface area contributed by atoms with Gasteiger partial charge >= 0.3 is 0 Å². The van der Waals surface area contributed by atoms with Crippen molar-refractivity contribution in [3.63, 3.8) is 0 Å². The highest BCUT2D eigenvalue weighted by atomic mass is 32.2. The van der Waals surface area contributed by atoms with Crippen molar-refractivity contribution in [3.8, 4) is 5.75 Å². The van der Waals surface area contributed by atoms with E-state index in [2.05, 4.69) is 6.92 Å². The third-order valence-corrected chi connectivity index (χ3v) is 6.74. The molecule has 1 N–H and O–H groups in total. The highest BCUT2D eigenvalue weighted by Crippen LogP contribution is 2.18. The second-order valence-electron chi connectivity index (χ2n) is 7.48. The van der Waals surface area contributed by atoms with E-state index in [4.69, 9.17) is 9.84 Å². The predicted octanol–water partition coefficient (Wildman–Crippen LogP) is 5.75. The number of aliphatic hydroxyl groups excluding tert-OH is 1. The van der Waals surface area contributed by atoms with Crippen LogP contribution in [0.25, 0.3) is 12.2 Å². The first-order valence-corrected chi connectivity index (χ1v) is 12.5. The summed E-state index contributed by atoms with van der Waals surface area (Å²) in [5.41, 5.74) is 1.99. The summed E-state index contributed by atoms with van der Waals surface area (Å²) in [6.07, 6.45) is 11.0. The molecule has 0 saturated carbocycles. The average Bonchev–Trinajstić information content (AvgIpc) is 2.76. The Balaban J connectivity index is 1.85. The summed E-state index contributed by atoms with van der Waals surface area (Å²) in [7, 11) is -3.21. The van der Waals surface area contributed by atoms with Gasteiger partial charge in [-0.05, 0) is 41.8 Å². The highest BCUT2D eigenvalue weighted by Gasteiger charge is 2.13. The fourth-order valence-electron chi connectivity index (χ4n) is 3.10. The third kappa shape index (κ3) is 8.72. The lowest BCUT2D eigenvalue weighted by atomic mass is 10.1. The van der Waals surface area contributed by atoms with Crippen LogP contribution in [0.15, 0.2) is 53.4 Å². The highest BCUT2D eigenvalue weighted by molar-refractivity contribution is 7.91. The zero-order valence-electron chi connectivity index (χ0n) is 17.9. The Morgan fingerprint density at radius 3 is 1.97 bits per heavy atom. The lowest BCUT2D eigenvalue weighted by molar-refractivity contribution is 0.233. The molecule has 2 rings (SSSR count). The van der Waals surface area contributed by atoms with Gasteiger partial charge in [-0.1, -0.05) is 75.4 Å². The molecule has 2 aromatic carbocycles. The summed E-state index contributed by atoms with van der Waals surface area (Å²) >= 11 is 0. The molecule has 0 spiro atoms. The second kappa shape index (κ2) is 13.2. The number of aliphatic hydroxyl groups is 1. The van der Waals surface area contributed by atoms with Crippen molar-refractivity contribution in [1.82, 2.24) is 0 Å². The van der Waals surface area contributed by atoms with Crippen molar-refractivity contribution in [2.75, 3.05) is 19.0 Å². The predicted molar refractivity (Wildman–Crippen MR) is 124 cm³/mol. The molecule has 0 fully saturated rings. The van der Waals surface area contributed by atoms with E-state index in [1.165, 1.54) is 19.3 Å². The Hall–Kier alpha value is -2.11. The van der Waals surface area contributed by atoms with Gasteiger partial charge in [0.2, 0.25) is 0 Å². The maximum absolute atomic E-state index is 12.5. The average molecular weight is 431 g/mol. The minimum absolute atomic E-state index is 0.125. The number of sulfone groups is 1. The smallest absolute Gasteiger partial charge is 0.178 e. The van der Waals surface area contributed by atoms with Gasteiger partial charge < -0.3 is 9.84 Å². The van der Waals surface area contributed by atoms with Crippen LogP contribution in [0.2, 0.25) is 0 Å². The van der Waals surface area contributed by atoms with Crippen LogP contribution in [0, 0.1) is 0 Å². The Labute approximate surface area is 181 Å². The van der Waals surface area contributed by atoms with Gasteiger partial charge in [0.05, 0.1) is 17.3 Å². The quantitative estimate of drug-likeness (QED) is 0.306. The number of unbranched alkanes of at least 4 members (excludes halogenated alkanes) is 5. The molecule has 0 bridgehead atoms. The van der Waals surface area contributed by atoms with Gasteiger partial charge in [0, 0.05) is 13.0 Å².